The molecule has 0 aliphatic carbocycles. The number of thiophene rings is 1. The molecule has 17 heavy (non-hydrogen) atoms. The molecular formula is C11H6ClN3OS. The number of carbonyl (C=O) groups is 1. The highest BCUT2D eigenvalue weighted by Gasteiger charge is 2.10. The van der Waals surface area contributed by atoms with E-state index < -0.39 is 0 Å². The second kappa shape index (κ2) is 3.94. The van der Waals surface area contributed by atoms with Crippen molar-refractivity contribution in [3.05, 3.63) is 40.4 Å². The lowest BCUT2D eigenvalue weighted by Crippen LogP contribution is -1.89. The van der Waals surface area contributed by atoms with Crippen molar-refractivity contribution in [2.75, 3.05) is 0 Å². The van der Waals surface area contributed by atoms with Crippen molar-refractivity contribution in [3.63, 3.8) is 0 Å². The largest absolute Gasteiger partial charge is 0.298 e. The third-order valence-corrected chi connectivity index (χ3v) is 3.59. The van der Waals surface area contributed by atoms with E-state index in [0.717, 1.165) is 17.0 Å². The van der Waals surface area contributed by atoms with Gasteiger partial charge in [0, 0.05) is 11.8 Å². The van der Waals surface area contributed by atoms with Gasteiger partial charge in [-0.3, -0.25) is 9.20 Å². The van der Waals surface area contributed by atoms with Gasteiger partial charge in [-0.2, -0.15) is 0 Å². The first-order valence-electron chi connectivity index (χ1n) is 4.83. The molecule has 0 fully saturated rings. The number of halogens is 1. The highest BCUT2D eigenvalue weighted by Crippen LogP contribution is 2.29. The molecule has 0 atom stereocenters. The van der Waals surface area contributed by atoms with Crippen LogP contribution >= 0.6 is 22.9 Å². The molecule has 0 spiro atoms. The first-order valence-corrected chi connectivity index (χ1v) is 6.03. The van der Waals surface area contributed by atoms with Crippen LogP contribution in [-0.4, -0.2) is 20.9 Å². The van der Waals surface area contributed by atoms with Gasteiger partial charge >= 0.3 is 0 Å². The fourth-order valence-corrected chi connectivity index (χ4v) is 2.61. The quantitative estimate of drug-likeness (QED) is 0.668. The second-order valence-corrected chi connectivity index (χ2v) is 5.15. The van der Waals surface area contributed by atoms with Crippen LogP contribution in [0.4, 0.5) is 0 Å². The predicted octanol–water partition coefficient (Wildman–Crippen LogP) is 2.92. The number of aldehydes is 1. The molecule has 0 radical (unpaired) electrons. The molecule has 6 heteroatoms. The smallest absolute Gasteiger partial charge is 0.178 e. The van der Waals surface area contributed by atoms with Crippen molar-refractivity contribution in [3.8, 4) is 10.7 Å². The van der Waals surface area contributed by atoms with Crippen LogP contribution in [0.1, 0.15) is 10.4 Å². The standard InChI is InChI=1S/C11H6ClN3OS/c12-9-2-1-8(17-9)11-14-13-10-5-7(6-16)3-4-15(10)11/h1-6H. The zero-order valence-corrected chi connectivity index (χ0v) is 10.1. The van der Waals surface area contributed by atoms with Crippen molar-refractivity contribution in [2.45, 2.75) is 0 Å². The van der Waals surface area contributed by atoms with E-state index in [1.165, 1.54) is 11.3 Å². The first kappa shape index (κ1) is 10.4. The minimum Gasteiger partial charge on any atom is -0.298 e. The molecule has 0 aliphatic heterocycles. The van der Waals surface area contributed by atoms with Gasteiger partial charge in [-0.15, -0.1) is 21.5 Å². The fraction of sp³-hybridized carbons (Fsp3) is 0. The highest BCUT2D eigenvalue weighted by atomic mass is 35.5. The van der Waals surface area contributed by atoms with E-state index in [4.69, 9.17) is 11.6 Å². The number of fused-ring (bicyclic) bond motifs is 1. The van der Waals surface area contributed by atoms with Crippen LogP contribution in [0.25, 0.3) is 16.3 Å². The molecule has 0 aromatic carbocycles. The molecule has 3 aromatic heterocycles. The van der Waals surface area contributed by atoms with Gasteiger partial charge < -0.3 is 0 Å². The number of hydrogen-bond acceptors (Lipinski definition) is 4. The molecule has 4 nitrogen and oxygen atoms in total. The van der Waals surface area contributed by atoms with Crippen LogP contribution in [0.2, 0.25) is 4.34 Å². The van der Waals surface area contributed by atoms with E-state index in [1.807, 2.05) is 16.5 Å². The van der Waals surface area contributed by atoms with Crippen LogP contribution in [0.5, 0.6) is 0 Å². The Kier molecular flexibility index (Phi) is 2.42. The maximum absolute atomic E-state index is 10.7. The zero-order chi connectivity index (χ0) is 11.8. The van der Waals surface area contributed by atoms with E-state index in [9.17, 15) is 4.79 Å². The van der Waals surface area contributed by atoms with E-state index >= 15 is 0 Å². The van der Waals surface area contributed by atoms with Gasteiger partial charge in [0.15, 0.2) is 11.5 Å². The van der Waals surface area contributed by atoms with Crippen LogP contribution in [0.3, 0.4) is 0 Å². The molecule has 0 N–H and O–H groups in total. The number of aromatic nitrogens is 3. The Morgan fingerprint density at radius 3 is 2.88 bits per heavy atom. The highest BCUT2D eigenvalue weighted by molar-refractivity contribution is 7.19. The molecule has 84 valence electrons. The zero-order valence-electron chi connectivity index (χ0n) is 8.50. The van der Waals surface area contributed by atoms with E-state index in [-0.39, 0.29) is 0 Å². The summed E-state index contributed by atoms with van der Waals surface area (Å²) in [5.41, 5.74) is 1.23. The summed E-state index contributed by atoms with van der Waals surface area (Å²) in [7, 11) is 0. The summed E-state index contributed by atoms with van der Waals surface area (Å²) in [6.45, 7) is 0. The summed E-state index contributed by atoms with van der Waals surface area (Å²) in [5, 5.41) is 8.13. The Hall–Kier alpha value is -1.72. The Balaban J connectivity index is 2.21. The van der Waals surface area contributed by atoms with Gasteiger partial charge in [0.05, 0.1) is 9.21 Å². The van der Waals surface area contributed by atoms with E-state index in [2.05, 4.69) is 10.2 Å². The summed E-state index contributed by atoms with van der Waals surface area (Å²) in [4.78, 5) is 11.6. The summed E-state index contributed by atoms with van der Waals surface area (Å²) in [6, 6.07) is 7.14. The van der Waals surface area contributed by atoms with E-state index in [1.54, 1.807) is 18.3 Å². The molecule has 0 saturated carbocycles. The molecule has 0 unspecified atom stereocenters. The minimum absolute atomic E-state index is 0.584. The molecule has 3 rings (SSSR count). The maximum atomic E-state index is 10.7. The molecule has 0 bridgehead atoms. The summed E-state index contributed by atoms with van der Waals surface area (Å²) < 4.78 is 2.54. The molecule has 0 aliphatic rings. The lowest BCUT2D eigenvalue weighted by atomic mass is 10.3. The van der Waals surface area contributed by atoms with Gasteiger partial charge in [-0.05, 0) is 24.3 Å². The van der Waals surface area contributed by atoms with Crippen LogP contribution in [-0.2, 0) is 0 Å². The Labute approximate surface area is 105 Å². The number of nitrogens with zero attached hydrogens (tertiary/aromatic N) is 3. The molecule has 0 amide bonds. The molecule has 3 aromatic rings. The second-order valence-electron chi connectivity index (χ2n) is 3.43. The predicted molar refractivity (Wildman–Crippen MR) is 66.7 cm³/mol. The number of rotatable bonds is 2. The summed E-state index contributed by atoms with van der Waals surface area (Å²) in [6.07, 6.45) is 2.57. The lowest BCUT2D eigenvalue weighted by Gasteiger charge is -1.96. The maximum Gasteiger partial charge on any atom is 0.178 e. The van der Waals surface area contributed by atoms with Gasteiger partial charge in [-0.1, -0.05) is 11.6 Å². The van der Waals surface area contributed by atoms with E-state index in [0.29, 0.717) is 15.5 Å². The first-order chi connectivity index (χ1) is 8.28. The summed E-state index contributed by atoms with van der Waals surface area (Å²) >= 11 is 7.33. The van der Waals surface area contributed by atoms with Crippen LogP contribution in [0.15, 0.2) is 30.5 Å². The normalized spacial score (nSPS) is 10.9. The van der Waals surface area contributed by atoms with Crippen molar-refractivity contribution < 1.29 is 4.79 Å². The van der Waals surface area contributed by atoms with Crippen molar-refractivity contribution in [1.29, 1.82) is 0 Å². The van der Waals surface area contributed by atoms with Gasteiger partial charge in [0.2, 0.25) is 0 Å². The third kappa shape index (κ3) is 1.73. The SMILES string of the molecule is O=Cc1ccn2c(-c3ccc(Cl)s3)nnc2c1. The average Bonchev–Trinajstić information content (AvgIpc) is 2.93. The van der Waals surface area contributed by atoms with Crippen molar-refractivity contribution in [1.82, 2.24) is 14.6 Å². The topological polar surface area (TPSA) is 47.3 Å². The van der Waals surface area contributed by atoms with Gasteiger partial charge in [0.1, 0.15) is 6.29 Å². The fourth-order valence-electron chi connectivity index (χ4n) is 1.58. The Bertz CT molecular complexity index is 704. The number of pyridine rings is 1. The lowest BCUT2D eigenvalue weighted by molar-refractivity contribution is 0.112. The molecular weight excluding hydrogens is 258 g/mol. The third-order valence-electron chi connectivity index (χ3n) is 2.36. The Morgan fingerprint density at radius 1 is 1.29 bits per heavy atom. The summed E-state index contributed by atoms with van der Waals surface area (Å²) in [5.74, 6) is 0.731. The molecule has 3 heterocycles. The Morgan fingerprint density at radius 2 is 2.18 bits per heavy atom. The number of hydrogen-bond donors (Lipinski definition) is 0. The number of carbonyl (C=O) groups excluding carboxylic acids is 1. The van der Waals surface area contributed by atoms with Gasteiger partial charge in [0.25, 0.3) is 0 Å². The van der Waals surface area contributed by atoms with Crippen molar-refractivity contribution >= 4 is 34.9 Å². The van der Waals surface area contributed by atoms with Crippen LogP contribution < -0.4 is 0 Å². The minimum atomic E-state index is 0.584. The van der Waals surface area contributed by atoms with Gasteiger partial charge in [-0.25, -0.2) is 0 Å². The van der Waals surface area contributed by atoms with Crippen molar-refractivity contribution in [2.24, 2.45) is 0 Å². The average molecular weight is 264 g/mol. The monoisotopic (exact) mass is 263 g/mol. The van der Waals surface area contributed by atoms with Crippen LogP contribution in [0, 0.1) is 0 Å². The molecule has 0 saturated heterocycles.